The molecule has 1 aromatic rings. The number of aromatic carboxylic acids is 1. The molecule has 5 heteroatoms. The van der Waals surface area contributed by atoms with Crippen molar-refractivity contribution in [2.45, 2.75) is 24.8 Å². The van der Waals surface area contributed by atoms with E-state index in [9.17, 15) is 4.79 Å². The molecule has 1 fully saturated rings. The van der Waals surface area contributed by atoms with Gasteiger partial charge in [0.25, 0.3) is 0 Å². The van der Waals surface area contributed by atoms with Gasteiger partial charge in [0, 0.05) is 30.5 Å². The largest absolute Gasteiger partial charge is 0.478 e. The molecule has 0 saturated heterocycles. The number of carboxylic acid groups (broad SMARTS) is 1. The monoisotopic (exact) mass is 277 g/mol. The van der Waals surface area contributed by atoms with Crippen molar-refractivity contribution in [3.8, 4) is 0 Å². The number of anilines is 2. The average Bonchev–Trinajstić information content (AvgIpc) is 2.33. The summed E-state index contributed by atoms with van der Waals surface area (Å²) in [5.74, 6) is -0.983. The third kappa shape index (κ3) is 2.58. The molecule has 110 valence electrons. The Hall–Kier alpha value is -1.75. The molecule has 0 unspecified atom stereocenters. The van der Waals surface area contributed by atoms with E-state index in [0.29, 0.717) is 5.69 Å². The third-order valence-corrected chi connectivity index (χ3v) is 4.47. The summed E-state index contributed by atoms with van der Waals surface area (Å²) in [5.41, 5.74) is 7.27. The molecule has 0 aliphatic heterocycles. The molecule has 0 heterocycles. The van der Waals surface area contributed by atoms with E-state index >= 15 is 0 Å². The summed E-state index contributed by atoms with van der Waals surface area (Å²) < 4.78 is 0. The number of hydrogen-bond acceptors (Lipinski definition) is 4. The molecule has 1 aromatic carbocycles. The molecule has 0 atom stereocenters. The smallest absolute Gasteiger partial charge is 0.337 e. The zero-order chi connectivity index (χ0) is 14.9. The van der Waals surface area contributed by atoms with Crippen LogP contribution in [-0.4, -0.2) is 49.2 Å². The van der Waals surface area contributed by atoms with Crippen molar-refractivity contribution in [1.82, 2.24) is 4.90 Å². The topological polar surface area (TPSA) is 69.8 Å². The lowest BCUT2D eigenvalue weighted by molar-refractivity contribution is 0.0683. The molecular formula is C15H23N3O2. The molecule has 3 N–H and O–H groups in total. The number of nitrogens with two attached hydrogens (primary N) is 1. The maximum Gasteiger partial charge on any atom is 0.337 e. The Kier molecular flexibility index (Phi) is 3.90. The highest BCUT2D eigenvalue weighted by Crippen LogP contribution is 2.37. The van der Waals surface area contributed by atoms with E-state index in [4.69, 9.17) is 10.8 Å². The minimum Gasteiger partial charge on any atom is -0.478 e. The van der Waals surface area contributed by atoms with E-state index in [-0.39, 0.29) is 11.1 Å². The van der Waals surface area contributed by atoms with Gasteiger partial charge in [-0.1, -0.05) is 0 Å². The predicted molar refractivity (Wildman–Crippen MR) is 81.4 cm³/mol. The third-order valence-electron chi connectivity index (χ3n) is 4.47. The molecule has 1 saturated carbocycles. The zero-order valence-corrected chi connectivity index (χ0v) is 12.4. The maximum absolute atomic E-state index is 11.2. The lowest BCUT2D eigenvalue weighted by Gasteiger charge is -2.49. The number of carbonyl (C=O) groups is 1. The van der Waals surface area contributed by atoms with Gasteiger partial charge in [-0.25, -0.2) is 4.79 Å². The van der Waals surface area contributed by atoms with Crippen LogP contribution in [0.25, 0.3) is 0 Å². The quantitative estimate of drug-likeness (QED) is 0.804. The molecule has 1 aliphatic rings. The first-order valence-electron chi connectivity index (χ1n) is 6.87. The molecule has 0 radical (unpaired) electrons. The molecule has 0 aromatic heterocycles. The van der Waals surface area contributed by atoms with Gasteiger partial charge < -0.3 is 20.6 Å². The van der Waals surface area contributed by atoms with E-state index < -0.39 is 5.97 Å². The Morgan fingerprint density at radius 1 is 1.35 bits per heavy atom. The highest BCUT2D eigenvalue weighted by atomic mass is 16.4. The number of benzene rings is 1. The second-order valence-electron chi connectivity index (χ2n) is 5.91. The summed E-state index contributed by atoms with van der Waals surface area (Å²) in [7, 11) is 6.22. The van der Waals surface area contributed by atoms with Crippen LogP contribution in [0.1, 0.15) is 29.6 Å². The van der Waals surface area contributed by atoms with Gasteiger partial charge in [-0.15, -0.1) is 0 Å². The van der Waals surface area contributed by atoms with Crippen molar-refractivity contribution in [3.63, 3.8) is 0 Å². The fraction of sp³-hybridized carbons (Fsp3) is 0.533. The van der Waals surface area contributed by atoms with Crippen LogP contribution >= 0.6 is 0 Å². The number of nitrogens with zero attached hydrogens (tertiary/aromatic N) is 2. The number of rotatable bonds is 5. The SMILES string of the molecule is CN(CC1(N(C)C)CCC1)c1ccc(N)c(C(=O)O)c1. The number of carboxylic acids is 1. The first-order valence-corrected chi connectivity index (χ1v) is 6.87. The standard InChI is InChI=1S/C15H23N3O2/c1-17(2)15(7-4-8-15)10-18(3)11-5-6-13(16)12(9-11)14(19)20/h5-6,9H,4,7-8,10,16H2,1-3H3,(H,19,20). The van der Waals surface area contributed by atoms with Gasteiger partial charge in [0.15, 0.2) is 0 Å². The lowest BCUT2D eigenvalue weighted by Crippen LogP contribution is -2.56. The summed E-state index contributed by atoms with van der Waals surface area (Å²) in [5, 5.41) is 9.14. The molecule has 2 rings (SSSR count). The highest BCUT2D eigenvalue weighted by Gasteiger charge is 2.40. The van der Waals surface area contributed by atoms with Crippen LogP contribution in [0.2, 0.25) is 0 Å². The van der Waals surface area contributed by atoms with Gasteiger partial charge in [-0.05, 0) is 51.6 Å². The van der Waals surface area contributed by atoms with Crippen LogP contribution in [0, 0.1) is 0 Å². The molecule has 1 aliphatic carbocycles. The van der Waals surface area contributed by atoms with Crippen molar-refractivity contribution in [1.29, 1.82) is 0 Å². The minimum atomic E-state index is -0.983. The van der Waals surface area contributed by atoms with Gasteiger partial charge >= 0.3 is 5.97 Å². The fourth-order valence-electron chi connectivity index (χ4n) is 2.83. The minimum absolute atomic E-state index is 0.168. The van der Waals surface area contributed by atoms with E-state index in [0.717, 1.165) is 12.2 Å². The summed E-state index contributed by atoms with van der Waals surface area (Å²) in [4.78, 5) is 15.5. The van der Waals surface area contributed by atoms with Gasteiger partial charge in [0.1, 0.15) is 0 Å². The van der Waals surface area contributed by atoms with Crippen molar-refractivity contribution < 1.29 is 9.90 Å². The second kappa shape index (κ2) is 5.32. The van der Waals surface area contributed by atoms with Crippen molar-refractivity contribution in [2.24, 2.45) is 0 Å². The predicted octanol–water partition coefficient (Wildman–Crippen LogP) is 1.89. The van der Waals surface area contributed by atoms with Crippen LogP contribution in [0.3, 0.4) is 0 Å². The normalized spacial score (nSPS) is 16.8. The van der Waals surface area contributed by atoms with E-state index in [1.165, 1.54) is 19.3 Å². The number of nitrogen functional groups attached to an aromatic ring is 1. The maximum atomic E-state index is 11.2. The molecule has 20 heavy (non-hydrogen) atoms. The first kappa shape index (κ1) is 14.7. The number of hydrogen-bond donors (Lipinski definition) is 2. The average molecular weight is 277 g/mol. The molecular weight excluding hydrogens is 254 g/mol. The summed E-state index contributed by atoms with van der Waals surface area (Å²) in [6.07, 6.45) is 3.63. The van der Waals surface area contributed by atoms with Crippen LogP contribution in [0.4, 0.5) is 11.4 Å². The summed E-state index contributed by atoms with van der Waals surface area (Å²) >= 11 is 0. The van der Waals surface area contributed by atoms with E-state index in [1.807, 2.05) is 13.1 Å². The Bertz CT molecular complexity index is 510. The molecule has 0 spiro atoms. The first-order chi connectivity index (χ1) is 9.35. The van der Waals surface area contributed by atoms with Gasteiger partial charge in [0.05, 0.1) is 5.56 Å². The fourth-order valence-corrected chi connectivity index (χ4v) is 2.83. The lowest BCUT2D eigenvalue weighted by atomic mass is 9.75. The van der Waals surface area contributed by atoms with E-state index in [1.54, 1.807) is 12.1 Å². The Morgan fingerprint density at radius 3 is 2.45 bits per heavy atom. The Labute approximate surface area is 120 Å². The van der Waals surface area contributed by atoms with E-state index in [2.05, 4.69) is 23.9 Å². The molecule has 0 amide bonds. The number of likely N-dealkylation sites (N-methyl/N-ethyl adjacent to an activating group) is 2. The van der Waals surface area contributed by atoms with Crippen LogP contribution in [0.5, 0.6) is 0 Å². The van der Waals surface area contributed by atoms with Crippen LogP contribution in [-0.2, 0) is 0 Å². The van der Waals surface area contributed by atoms with Crippen molar-refractivity contribution in [2.75, 3.05) is 38.3 Å². The van der Waals surface area contributed by atoms with Crippen LogP contribution < -0.4 is 10.6 Å². The van der Waals surface area contributed by atoms with Crippen molar-refractivity contribution >= 4 is 17.3 Å². The molecule has 0 bridgehead atoms. The second-order valence-corrected chi connectivity index (χ2v) is 5.91. The Balaban J connectivity index is 2.19. The van der Waals surface area contributed by atoms with Gasteiger partial charge in [-0.3, -0.25) is 0 Å². The molecule has 5 nitrogen and oxygen atoms in total. The van der Waals surface area contributed by atoms with Crippen LogP contribution in [0.15, 0.2) is 18.2 Å². The van der Waals surface area contributed by atoms with Gasteiger partial charge in [-0.2, -0.15) is 0 Å². The van der Waals surface area contributed by atoms with Gasteiger partial charge in [0.2, 0.25) is 0 Å². The Morgan fingerprint density at radius 2 is 2.00 bits per heavy atom. The van der Waals surface area contributed by atoms with Crippen molar-refractivity contribution in [3.05, 3.63) is 23.8 Å². The zero-order valence-electron chi connectivity index (χ0n) is 12.4. The highest BCUT2D eigenvalue weighted by molar-refractivity contribution is 5.94. The summed E-state index contributed by atoms with van der Waals surface area (Å²) in [6.45, 7) is 0.892. The summed E-state index contributed by atoms with van der Waals surface area (Å²) in [6, 6.07) is 5.20.